The molecule has 0 saturated carbocycles. The maximum Gasteiger partial charge on any atom is 0.333 e. The molecular formula is C35H40O8. The SMILES string of the molecule is C=CCOCC(COc1c2ccccc2c(OCC(COCC=C)OC(=O)C(=C)C)c2cc(C)ccc12)OC(=O)C(=C)C. The molecule has 3 aromatic rings. The van der Waals surface area contributed by atoms with Crippen molar-refractivity contribution in [3.05, 3.63) is 97.6 Å². The average Bonchev–Trinajstić information content (AvgIpc) is 2.98. The van der Waals surface area contributed by atoms with Gasteiger partial charge in [-0.3, -0.25) is 0 Å². The van der Waals surface area contributed by atoms with E-state index < -0.39 is 24.1 Å². The molecule has 2 atom stereocenters. The average molecular weight is 589 g/mol. The summed E-state index contributed by atoms with van der Waals surface area (Å²) in [6.07, 6.45) is 1.88. The monoisotopic (exact) mass is 588 g/mol. The number of hydrogen-bond donors (Lipinski definition) is 0. The molecular weight excluding hydrogens is 548 g/mol. The molecule has 8 heteroatoms. The fourth-order valence-corrected chi connectivity index (χ4v) is 4.18. The number of fused-ring (bicyclic) bond motifs is 2. The van der Waals surface area contributed by atoms with E-state index in [-0.39, 0.29) is 37.6 Å². The Hall–Kier alpha value is -4.40. The molecule has 3 rings (SSSR count). The molecule has 0 saturated heterocycles. The summed E-state index contributed by atoms with van der Waals surface area (Å²) in [5, 5.41) is 3.20. The lowest BCUT2D eigenvalue weighted by Crippen LogP contribution is -2.30. The van der Waals surface area contributed by atoms with Crippen LogP contribution < -0.4 is 9.47 Å². The van der Waals surface area contributed by atoms with Gasteiger partial charge in [-0.25, -0.2) is 9.59 Å². The molecule has 0 aromatic heterocycles. The zero-order valence-corrected chi connectivity index (χ0v) is 25.2. The second-order valence-corrected chi connectivity index (χ2v) is 10.1. The van der Waals surface area contributed by atoms with Gasteiger partial charge < -0.3 is 28.4 Å². The van der Waals surface area contributed by atoms with Crippen molar-refractivity contribution in [1.82, 2.24) is 0 Å². The summed E-state index contributed by atoms with van der Waals surface area (Å²) < 4.78 is 35.1. The van der Waals surface area contributed by atoms with Gasteiger partial charge in [0.05, 0.1) is 26.4 Å². The van der Waals surface area contributed by atoms with E-state index in [1.807, 2.05) is 49.4 Å². The van der Waals surface area contributed by atoms with Gasteiger partial charge in [0.2, 0.25) is 0 Å². The van der Waals surface area contributed by atoms with Crippen LogP contribution in [0.15, 0.2) is 92.1 Å². The Kier molecular flexibility index (Phi) is 12.5. The third-order valence-electron chi connectivity index (χ3n) is 6.23. The van der Waals surface area contributed by atoms with Gasteiger partial charge in [-0.15, -0.1) is 13.2 Å². The van der Waals surface area contributed by atoms with Gasteiger partial charge >= 0.3 is 11.9 Å². The maximum atomic E-state index is 12.3. The van der Waals surface area contributed by atoms with Gasteiger partial charge in [-0.1, -0.05) is 67.3 Å². The summed E-state index contributed by atoms with van der Waals surface area (Å²) in [4.78, 5) is 24.6. The molecule has 0 aliphatic rings. The minimum absolute atomic E-state index is 0.0446. The van der Waals surface area contributed by atoms with Crippen molar-refractivity contribution in [2.45, 2.75) is 33.0 Å². The number of carbonyl (C=O) groups excluding carboxylic acids is 2. The molecule has 3 aromatic carbocycles. The highest BCUT2D eigenvalue weighted by Gasteiger charge is 2.22. The summed E-state index contributed by atoms with van der Waals surface area (Å²) in [6, 6.07) is 13.7. The largest absolute Gasteiger partial charge is 0.488 e. The molecule has 0 N–H and O–H groups in total. The molecule has 8 nitrogen and oxygen atoms in total. The summed E-state index contributed by atoms with van der Waals surface area (Å²) in [5.74, 6) is 0.173. The Bertz CT molecular complexity index is 1490. The zero-order valence-electron chi connectivity index (χ0n) is 25.2. The first kappa shape index (κ1) is 33.1. The Morgan fingerprint density at radius 1 is 0.698 bits per heavy atom. The molecule has 2 unspecified atom stereocenters. The number of ether oxygens (including phenoxy) is 6. The minimum Gasteiger partial charge on any atom is -0.488 e. The van der Waals surface area contributed by atoms with Crippen LogP contribution in [-0.4, -0.2) is 63.8 Å². The highest BCUT2D eigenvalue weighted by Crippen LogP contribution is 2.43. The van der Waals surface area contributed by atoms with E-state index in [1.165, 1.54) is 0 Å². The molecule has 43 heavy (non-hydrogen) atoms. The second kappa shape index (κ2) is 16.3. The topological polar surface area (TPSA) is 89.5 Å². The smallest absolute Gasteiger partial charge is 0.333 e. The van der Waals surface area contributed by atoms with E-state index in [9.17, 15) is 9.59 Å². The molecule has 0 amide bonds. The van der Waals surface area contributed by atoms with Crippen molar-refractivity contribution < 1.29 is 38.0 Å². The first-order valence-corrected chi connectivity index (χ1v) is 14.0. The Morgan fingerprint density at radius 2 is 1.14 bits per heavy atom. The van der Waals surface area contributed by atoms with Crippen molar-refractivity contribution in [3.8, 4) is 11.5 Å². The van der Waals surface area contributed by atoms with Crippen LogP contribution in [0.3, 0.4) is 0 Å². The quantitative estimate of drug-likeness (QED) is 0.0552. The van der Waals surface area contributed by atoms with Crippen molar-refractivity contribution in [2.24, 2.45) is 0 Å². The van der Waals surface area contributed by atoms with Crippen LogP contribution in [0.2, 0.25) is 0 Å². The molecule has 0 radical (unpaired) electrons. The van der Waals surface area contributed by atoms with Gasteiger partial charge in [0.1, 0.15) is 24.7 Å². The fraction of sp³-hybridized carbons (Fsp3) is 0.314. The highest BCUT2D eigenvalue weighted by molar-refractivity contribution is 6.11. The molecule has 0 spiro atoms. The predicted molar refractivity (Wildman–Crippen MR) is 169 cm³/mol. The number of hydrogen-bond acceptors (Lipinski definition) is 8. The van der Waals surface area contributed by atoms with E-state index in [4.69, 9.17) is 28.4 Å². The summed E-state index contributed by atoms with van der Waals surface area (Å²) in [6.45, 7) is 20.8. The summed E-state index contributed by atoms with van der Waals surface area (Å²) in [5.41, 5.74) is 1.58. The molecule has 0 aliphatic heterocycles. The third-order valence-corrected chi connectivity index (χ3v) is 6.23. The molecule has 0 bridgehead atoms. The van der Waals surface area contributed by atoms with Gasteiger partial charge in [-0.05, 0) is 26.8 Å². The summed E-state index contributed by atoms with van der Waals surface area (Å²) in [7, 11) is 0. The standard InChI is InChI=1S/C35H40O8/c1-8-16-38-19-26(42-34(36)23(3)4)21-40-32-28-12-10-11-13-29(28)33(31-18-25(7)14-15-30(31)32)41-22-27(20-39-17-9-2)43-35(37)24(5)6/h8-15,18,26-27H,1-3,5,16-17,19-22H2,4,6-7H3. The predicted octanol–water partition coefficient (Wildman–Crippen LogP) is 6.44. The van der Waals surface area contributed by atoms with Crippen LogP contribution in [0.5, 0.6) is 11.5 Å². The van der Waals surface area contributed by atoms with E-state index >= 15 is 0 Å². The zero-order chi connectivity index (χ0) is 31.4. The Balaban J connectivity index is 2.00. The highest BCUT2D eigenvalue weighted by atomic mass is 16.6. The van der Waals surface area contributed by atoms with Crippen LogP contribution in [0.25, 0.3) is 21.5 Å². The Labute approximate surface area is 253 Å². The van der Waals surface area contributed by atoms with Crippen molar-refractivity contribution in [2.75, 3.05) is 39.6 Å². The number of rotatable bonds is 18. The van der Waals surface area contributed by atoms with Crippen LogP contribution in [0, 0.1) is 6.92 Å². The van der Waals surface area contributed by atoms with Crippen LogP contribution in [0.4, 0.5) is 0 Å². The minimum atomic E-state index is -0.682. The van der Waals surface area contributed by atoms with Crippen LogP contribution in [-0.2, 0) is 28.5 Å². The lowest BCUT2D eigenvalue weighted by atomic mass is 9.99. The van der Waals surface area contributed by atoms with Crippen molar-refractivity contribution in [1.29, 1.82) is 0 Å². The third kappa shape index (κ3) is 9.30. The van der Waals surface area contributed by atoms with Crippen molar-refractivity contribution >= 4 is 33.5 Å². The van der Waals surface area contributed by atoms with E-state index in [0.717, 1.165) is 27.1 Å². The first-order valence-electron chi connectivity index (χ1n) is 14.0. The molecule has 0 heterocycles. The molecule has 0 fully saturated rings. The fourth-order valence-electron chi connectivity index (χ4n) is 4.18. The summed E-state index contributed by atoms with van der Waals surface area (Å²) >= 11 is 0. The lowest BCUT2D eigenvalue weighted by Gasteiger charge is -2.23. The number of benzene rings is 3. The lowest BCUT2D eigenvalue weighted by molar-refractivity contribution is -0.149. The van der Waals surface area contributed by atoms with Crippen LogP contribution in [0.1, 0.15) is 19.4 Å². The normalized spacial score (nSPS) is 12.3. The Morgan fingerprint density at radius 3 is 1.58 bits per heavy atom. The molecule has 0 aliphatic carbocycles. The van der Waals surface area contributed by atoms with Gasteiger partial charge in [0, 0.05) is 32.7 Å². The number of esters is 2. The van der Waals surface area contributed by atoms with E-state index in [2.05, 4.69) is 26.3 Å². The van der Waals surface area contributed by atoms with Crippen LogP contribution >= 0.6 is 0 Å². The number of carbonyl (C=O) groups is 2. The van der Waals surface area contributed by atoms with Gasteiger partial charge in [-0.2, -0.15) is 0 Å². The van der Waals surface area contributed by atoms with E-state index in [1.54, 1.807) is 26.0 Å². The maximum absolute atomic E-state index is 12.3. The molecule has 228 valence electrons. The van der Waals surface area contributed by atoms with E-state index in [0.29, 0.717) is 24.7 Å². The first-order chi connectivity index (χ1) is 20.7. The van der Waals surface area contributed by atoms with Gasteiger partial charge in [0.25, 0.3) is 0 Å². The second-order valence-electron chi connectivity index (χ2n) is 10.1. The number of aryl methyl sites for hydroxylation is 1. The van der Waals surface area contributed by atoms with Crippen molar-refractivity contribution in [3.63, 3.8) is 0 Å². The van der Waals surface area contributed by atoms with Gasteiger partial charge in [0.15, 0.2) is 12.2 Å².